The van der Waals surface area contributed by atoms with Gasteiger partial charge in [-0.15, -0.1) is 0 Å². The van der Waals surface area contributed by atoms with Crippen LogP contribution < -0.4 is 10.2 Å². The molecule has 2 aromatic carbocycles. The molecule has 0 unspecified atom stereocenters. The van der Waals surface area contributed by atoms with Gasteiger partial charge in [0.15, 0.2) is 5.43 Å². The van der Waals surface area contributed by atoms with Crippen molar-refractivity contribution in [1.82, 2.24) is 0 Å². The molecule has 2 heterocycles. The van der Waals surface area contributed by atoms with Gasteiger partial charge in [-0.2, -0.15) is 0 Å². The van der Waals surface area contributed by atoms with Gasteiger partial charge in [0, 0.05) is 6.07 Å². The molecule has 4 N–H and O–H groups in total. The van der Waals surface area contributed by atoms with E-state index in [9.17, 15) is 25.2 Å². The van der Waals surface area contributed by atoms with Crippen molar-refractivity contribution in [3.8, 4) is 16.9 Å². The van der Waals surface area contributed by atoms with Gasteiger partial charge in [-0.3, -0.25) is 4.79 Å². The molecule has 4 rings (SSSR count). The van der Waals surface area contributed by atoms with Crippen molar-refractivity contribution in [2.75, 3.05) is 6.61 Å². The fraction of sp³-hybridized carbons (Fsp3) is 0.286. The van der Waals surface area contributed by atoms with Crippen molar-refractivity contribution < 1.29 is 34.3 Å². The summed E-state index contributed by atoms with van der Waals surface area (Å²) in [4.78, 5) is 12.8. The van der Waals surface area contributed by atoms with Crippen LogP contribution in [0.1, 0.15) is 0 Å². The summed E-state index contributed by atoms with van der Waals surface area (Å²) >= 11 is 0. The van der Waals surface area contributed by atoms with E-state index < -0.39 is 37.3 Å². The maximum Gasteiger partial charge on any atom is 0.229 e. The smallest absolute Gasteiger partial charge is 0.229 e. The Morgan fingerprint density at radius 1 is 0.966 bits per heavy atom. The standard InChI is InChI=1S/C21H20O8/c22-9-16-18(24)19(25)20(26)21(29-16)28-12-6-7-13-15(8-12)27-10-14(17(13)23)11-4-2-1-3-5-11/h1-8,10,16,18-22,24-26H,9H2/t16-,18+,19-,20-,21-/m1/s1. The molecule has 0 spiro atoms. The van der Waals surface area contributed by atoms with Crippen molar-refractivity contribution in [2.24, 2.45) is 0 Å². The molecular weight excluding hydrogens is 380 g/mol. The second-order valence-corrected chi connectivity index (χ2v) is 6.82. The molecule has 0 radical (unpaired) electrons. The Labute approximate surface area is 165 Å². The zero-order chi connectivity index (χ0) is 20.5. The van der Waals surface area contributed by atoms with E-state index in [1.807, 2.05) is 30.3 Å². The number of rotatable bonds is 4. The van der Waals surface area contributed by atoms with E-state index in [-0.39, 0.29) is 16.8 Å². The fourth-order valence-corrected chi connectivity index (χ4v) is 3.30. The first-order valence-electron chi connectivity index (χ1n) is 9.07. The molecule has 0 saturated carbocycles. The molecule has 1 aliphatic heterocycles. The maximum atomic E-state index is 12.8. The summed E-state index contributed by atoms with van der Waals surface area (Å²) in [7, 11) is 0. The number of hydrogen-bond acceptors (Lipinski definition) is 8. The summed E-state index contributed by atoms with van der Waals surface area (Å²) in [6.45, 7) is -0.556. The van der Waals surface area contributed by atoms with Crippen LogP contribution in [0.2, 0.25) is 0 Å². The molecule has 29 heavy (non-hydrogen) atoms. The second-order valence-electron chi connectivity index (χ2n) is 6.82. The minimum Gasteiger partial charge on any atom is -0.463 e. The SMILES string of the molecule is O=c1c(-c2ccccc2)coc2cc(O[C@@H]3O[C@H](CO)[C@H](O)[C@@H](O)[C@H]3O)ccc12. The first-order chi connectivity index (χ1) is 14.0. The Bertz CT molecular complexity index is 1050. The predicted octanol–water partition coefficient (Wildman–Crippen LogP) is 0.639. The monoisotopic (exact) mass is 400 g/mol. The molecule has 0 aliphatic carbocycles. The number of hydrogen-bond donors (Lipinski definition) is 4. The van der Waals surface area contributed by atoms with E-state index in [0.717, 1.165) is 5.56 Å². The summed E-state index contributed by atoms with van der Waals surface area (Å²) < 4.78 is 16.5. The highest BCUT2D eigenvalue weighted by Crippen LogP contribution is 2.27. The molecular formula is C21H20O8. The minimum atomic E-state index is -1.54. The second kappa shape index (κ2) is 7.94. The lowest BCUT2D eigenvalue weighted by molar-refractivity contribution is -0.277. The van der Waals surface area contributed by atoms with Gasteiger partial charge in [0.05, 0.1) is 17.6 Å². The van der Waals surface area contributed by atoms with Crippen molar-refractivity contribution in [3.63, 3.8) is 0 Å². The van der Waals surface area contributed by atoms with Crippen molar-refractivity contribution in [3.05, 3.63) is 65.0 Å². The van der Waals surface area contributed by atoms with Gasteiger partial charge in [-0.05, 0) is 17.7 Å². The Balaban J connectivity index is 1.62. The van der Waals surface area contributed by atoms with Gasteiger partial charge < -0.3 is 34.3 Å². The average Bonchev–Trinajstić information content (AvgIpc) is 2.75. The summed E-state index contributed by atoms with van der Waals surface area (Å²) in [6.07, 6.45) is -5.57. The van der Waals surface area contributed by atoms with E-state index >= 15 is 0 Å². The quantitative estimate of drug-likeness (QED) is 0.502. The summed E-state index contributed by atoms with van der Waals surface area (Å²) in [6, 6.07) is 13.7. The highest BCUT2D eigenvalue weighted by molar-refractivity contribution is 5.82. The van der Waals surface area contributed by atoms with Crippen molar-refractivity contribution in [1.29, 1.82) is 0 Å². The Morgan fingerprint density at radius 3 is 2.45 bits per heavy atom. The number of fused-ring (bicyclic) bond motifs is 1. The number of benzene rings is 2. The third kappa shape index (κ3) is 3.64. The largest absolute Gasteiger partial charge is 0.463 e. The fourth-order valence-electron chi connectivity index (χ4n) is 3.30. The highest BCUT2D eigenvalue weighted by Gasteiger charge is 2.44. The number of ether oxygens (including phenoxy) is 2. The van der Waals surface area contributed by atoms with Crippen LogP contribution in [0, 0.1) is 0 Å². The van der Waals surface area contributed by atoms with Crippen LogP contribution in [0.3, 0.4) is 0 Å². The molecule has 1 fully saturated rings. The number of aliphatic hydroxyl groups is 4. The maximum absolute atomic E-state index is 12.8. The first-order valence-corrected chi connectivity index (χ1v) is 9.07. The van der Waals surface area contributed by atoms with E-state index in [2.05, 4.69) is 0 Å². The minimum absolute atomic E-state index is 0.197. The summed E-state index contributed by atoms with van der Waals surface area (Å²) in [5, 5.41) is 39.4. The van der Waals surface area contributed by atoms with E-state index in [0.29, 0.717) is 10.9 Å². The van der Waals surface area contributed by atoms with Gasteiger partial charge in [-0.1, -0.05) is 30.3 Å². The van der Waals surface area contributed by atoms with Gasteiger partial charge in [-0.25, -0.2) is 0 Å². The van der Waals surface area contributed by atoms with Crippen LogP contribution in [-0.4, -0.2) is 57.7 Å². The number of aliphatic hydroxyl groups excluding tert-OH is 4. The Kier molecular flexibility index (Phi) is 5.35. The van der Waals surface area contributed by atoms with Gasteiger partial charge in [0.25, 0.3) is 0 Å². The molecule has 1 saturated heterocycles. The van der Waals surface area contributed by atoms with Gasteiger partial charge in [0.1, 0.15) is 42.0 Å². The normalized spacial score (nSPS) is 27.1. The molecule has 1 aromatic heterocycles. The third-order valence-corrected chi connectivity index (χ3v) is 4.93. The van der Waals surface area contributed by atoms with Gasteiger partial charge in [0.2, 0.25) is 6.29 Å². The highest BCUT2D eigenvalue weighted by atomic mass is 16.7. The lowest BCUT2D eigenvalue weighted by Gasteiger charge is -2.39. The van der Waals surface area contributed by atoms with Crippen LogP contribution in [0.4, 0.5) is 0 Å². The van der Waals surface area contributed by atoms with Crippen LogP contribution in [0.25, 0.3) is 22.1 Å². The molecule has 1 aliphatic rings. The van der Waals surface area contributed by atoms with E-state index in [4.69, 9.17) is 13.9 Å². The molecule has 3 aromatic rings. The molecule has 5 atom stereocenters. The van der Waals surface area contributed by atoms with Crippen LogP contribution >= 0.6 is 0 Å². The third-order valence-electron chi connectivity index (χ3n) is 4.93. The first kappa shape index (κ1) is 19.6. The molecule has 0 amide bonds. The summed E-state index contributed by atoms with van der Waals surface area (Å²) in [5.41, 5.74) is 1.25. The molecule has 8 nitrogen and oxygen atoms in total. The van der Waals surface area contributed by atoms with Crippen molar-refractivity contribution in [2.45, 2.75) is 30.7 Å². The zero-order valence-corrected chi connectivity index (χ0v) is 15.2. The molecule has 0 bridgehead atoms. The van der Waals surface area contributed by atoms with Crippen LogP contribution in [-0.2, 0) is 4.74 Å². The average molecular weight is 400 g/mol. The molecule has 152 valence electrons. The molecule has 8 heteroatoms. The zero-order valence-electron chi connectivity index (χ0n) is 15.2. The van der Waals surface area contributed by atoms with Crippen LogP contribution in [0.15, 0.2) is 64.0 Å². The van der Waals surface area contributed by atoms with E-state index in [1.54, 1.807) is 0 Å². The topological polar surface area (TPSA) is 130 Å². The Hall–Kier alpha value is -2.75. The Morgan fingerprint density at radius 2 is 1.72 bits per heavy atom. The van der Waals surface area contributed by atoms with Gasteiger partial charge >= 0.3 is 0 Å². The van der Waals surface area contributed by atoms with Crippen molar-refractivity contribution >= 4 is 11.0 Å². The predicted molar refractivity (Wildman–Crippen MR) is 102 cm³/mol. The van der Waals surface area contributed by atoms with Crippen LogP contribution in [0.5, 0.6) is 5.75 Å². The lowest BCUT2D eigenvalue weighted by atomic mass is 9.99. The summed E-state index contributed by atoms with van der Waals surface area (Å²) in [5.74, 6) is 0.220. The van der Waals surface area contributed by atoms with E-state index in [1.165, 1.54) is 24.5 Å². The lowest BCUT2D eigenvalue weighted by Crippen LogP contribution is -2.60.